The van der Waals surface area contributed by atoms with Crippen LogP contribution in [0, 0.1) is 0 Å². The summed E-state index contributed by atoms with van der Waals surface area (Å²) in [5, 5.41) is 3.36. The highest BCUT2D eigenvalue weighted by atomic mass is 16.5. The molecular formula is C25H25N5O4. The molecule has 2 aromatic carbocycles. The minimum absolute atomic E-state index is 0.290. The zero-order valence-electron chi connectivity index (χ0n) is 19.3. The van der Waals surface area contributed by atoms with Gasteiger partial charge in [-0.3, -0.25) is 14.0 Å². The van der Waals surface area contributed by atoms with Crippen molar-refractivity contribution in [1.82, 2.24) is 24.7 Å². The number of nitrogens with one attached hydrogen (secondary N) is 2. The average Bonchev–Trinajstić information content (AvgIpc) is 3.17. The van der Waals surface area contributed by atoms with Crippen LogP contribution in [0.5, 0.6) is 11.5 Å². The number of hydrogen-bond donors (Lipinski definition) is 2. The minimum atomic E-state index is -0.351. The number of fused-ring (bicyclic) bond motifs is 6. The van der Waals surface area contributed by atoms with Gasteiger partial charge in [0.2, 0.25) is 0 Å². The Morgan fingerprint density at radius 2 is 1.76 bits per heavy atom. The van der Waals surface area contributed by atoms with Crippen LogP contribution in [0.1, 0.15) is 36.5 Å². The number of para-hydroxylation sites is 2. The first kappa shape index (κ1) is 21.7. The maximum atomic E-state index is 13.3. The molecule has 0 bridgehead atoms. The topological polar surface area (TPSA) is 111 Å². The van der Waals surface area contributed by atoms with Crippen LogP contribution in [-0.4, -0.2) is 46.0 Å². The van der Waals surface area contributed by atoms with Gasteiger partial charge in [0, 0.05) is 12.6 Å². The van der Waals surface area contributed by atoms with E-state index >= 15 is 0 Å². The van der Waals surface area contributed by atoms with Crippen LogP contribution in [0.2, 0.25) is 0 Å². The third kappa shape index (κ3) is 3.40. The fraction of sp³-hybridized carbons (Fsp3) is 0.280. The lowest BCUT2D eigenvalue weighted by Crippen LogP contribution is -2.25. The number of unbranched alkanes of at least 4 members (excludes halogenated alkanes) is 2. The number of carbonyl (C=O) groups excluding carboxylic acids is 1. The monoisotopic (exact) mass is 459 g/mol. The lowest BCUT2D eigenvalue weighted by molar-refractivity contribution is 0.0956. The number of methoxy groups -OCH3 is 2. The van der Waals surface area contributed by atoms with E-state index in [1.165, 1.54) is 14.2 Å². The summed E-state index contributed by atoms with van der Waals surface area (Å²) in [7, 11) is 3.05. The first-order chi connectivity index (χ1) is 16.6. The molecule has 0 saturated heterocycles. The maximum Gasteiger partial charge on any atom is 0.259 e. The van der Waals surface area contributed by atoms with Gasteiger partial charge in [-0.05, 0) is 24.6 Å². The Labute approximate surface area is 194 Å². The van der Waals surface area contributed by atoms with Gasteiger partial charge in [0.05, 0.1) is 36.2 Å². The minimum Gasteiger partial charge on any atom is -0.493 e. The van der Waals surface area contributed by atoms with Gasteiger partial charge in [-0.1, -0.05) is 31.9 Å². The number of rotatable bonds is 7. The molecule has 0 aliphatic heterocycles. The summed E-state index contributed by atoms with van der Waals surface area (Å²) in [5.74, 6) is 0.591. The largest absolute Gasteiger partial charge is 0.493 e. The van der Waals surface area contributed by atoms with Crippen LogP contribution in [0.4, 0.5) is 0 Å². The van der Waals surface area contributed by atoms with E-state index in [2.05, 4.69) is 17.2 Å². The molecule has 2 N–H and O–H groups in total. The molecule has 9 nitrogen and oxygen atoms in total. The highest BCUT2D eigenvalue weighted by Crippen LogP contribution is 2.34. The Morgan fingerprint density at radius 3 is 2.47 bits per heavy atom. The van der Waals surface area contributed by atoms with Gasteiger partial charge in [0.25, 0.3) is 11.5 Å². The van der Waals surface area contributed by atoms with Crippen molar-refractivity contribution in [2.45, 2.75) is 26.2 Å². The number of hydrogen-bond acceptors (Lipinski definition) is 6. The van der Waals surface area contributed by atoms with E-state index < -0.39 is 0 Å². The molecule has 1 amide bonds. The zero-order chi connectivity index (χ0) is 23.8. The van der Waals surface area contributed by atoms with Crippen LogP contribution in [0.3, 0.4) is 0 Å². The fourth-order valence-electron chi connectivity index (χ4n) is 4.29. The summed E-state index contributed by atoms with van der Waals surface area (Å²) in [6, 6.07) is 10.8. The Hall–Kier alpha value is -4.14. The summed E-state index contributed by atoms with van der Waals surface area (Å²) < 4.78 is 12.6. The smallest absolute Gasteiger partial charge is 0.259 e. The van der Waals surface area contributed by atoms with Crippen molar-refractivity contribution in [3.8, 4) is 11.5 Å². The number of amides is 1. The molecule has 9 heteroatoms. The summed E-state index contributed by atoms with van der Waals surface area (Å²) in [6.07, 6.45) is 2.94. The Kier molecular flexibility index (Phi) is 5.53. The molecule has 3 heterocycles. The van der Waals surface area contributed by atoms with E-state index in [0.717, 1.165) is 19.3 Å². The predicted molar refractivity (Wildman–Crippen MR) is 131 cm³/mol. The second-order valence-corrected chi connectivity index (χ2v) is 8.09. The van der Waals surface area contributed by atoms with E-state index in [-0.39, 0.29) is 11.5 Å². The first-order valence-electron chi connectivity index (χ1n) is 11.2. The number of aromatic amines is 1. The summed E-state index contributed by atoms with van der Waals surface area (Å²) in [5.41, 5.74) is 3.06. The standard InChI is InChI=1S/C25H25N5O4/c1-4-5-8-11-26-25(32)20-21-23(28-16-10-7-6-9-15(16)27-21)30-17-13-19(34-3)18(33-2)12-14(17)24(31)29-22(20)30/h6-7,9-10,12-13H,4-5,8,11H2,1-3H3,(H,26,32)(H,29,31). The van der Waals surface area contributed by atoms with Crippen molar-refractivity contribution in [2.24, 2.45) is 0 Å². The molecule has 5 rings (SSSR count). The van der Waals surface area contributed by atoms with Crippen LogP contribution in [0.25, 0.3) is 38.7 Å². The molecule has 0 aliphatic carbocycles. The van der Waals surface area contributed by atoms with E-state index in [4.69, 9.17) is 19.4 Å². The molecule has 34 heavy (non-hydrogen) atoms. The lowest BCUT2D eigenvalue weighted by Gasteiger charge is -2.11. The molecule has 0 unspecified atom stereocenters. The van der Waals surface area contributed by atoms with Gasteiger partial charge in [-0.15, -0.1) is 0 Å². The summed E-state index contributed by atoms with van der Waals surface area (Å²) >= 11 is 0. The van der Waals surface area contributed by atoms with Crippen LogP contribution < -0.4 is 20.3 Å². The van der Waals surface area contributed by atoms with Gasteiger partial charge in [-0.2, -0.15) is 0 Å². The van der Waals surface area contributed by atoms with E-state index in [1.807, 2.05) is 24.3 Å². The van der Waals surface area contributed by atoms with Gasteiger partial charge < -0.3 is 19.8 Å². The Balaban J connectivity index is 1.88. The van der Waals surface area contributed by atoms with Crippen LogP contribution in [0.15, 0.2) is 41.2 Å². The van der Waals surface area contributed by atoms with Crippen LogP contribution in [-0.2, 0) is 0 Å². The molecule has 0 radical (unpaired) electrons. The van der Waals surface area contributed by atoms with E-state index in [0.29, 0.717) is 62.4 Å². The second-order valence-electron chi connectivity index (χ2n) is 8.09. The average molecular weight is 460 g/mol. The second kappa shape index (κ2) is 8.66. The Bertz CT molecular complexity index is 1620. The maximum absolute atomic E-state index is 13.3. The number of nitrogens with zero attached hydrogens (tertiary/aromatic N) is 3. The van der Waals surface area contributed by atoms with Gasteiger partial charge >= 0.3 is 0 Å². The van der Waals surface area contributed by atoms with Crippen molar-refractivity contribution < 1.29 is 14.3 Å². The van der Waals surface area contributed by atoms with E-state index in [1.54, 1.807) is 16.5 Å². The Morgan fingerprint density at radius 1 is 1.06 bits per heavy atom. The third-order valence-electron chi connectivity index (χ3n) is 5.97. The molecular weight excluding hydrogens is 434 g/mol. The SMILES string of the molecule is CCCCCNC(=O)c1c2nc3ccccc3nc2n2c1[nH]c(=O)c1cc(OC)c(OC)cc12. The van der Waals surface area contributed by atoms with Crippen molar-refractivity contribution in [3.63, 3.8) is 0 Å². The molecule has 0 fully saturated rings. The number of benzene rings is 2. The molecule has 0 aliphatic rings. The van der Waals surface area contributed by atoms with Crippen molar-refractivity contribution >= 4 is 44.7 Å². The molecule has 174 valence electrons. The molecule has 5 aromatic rings. The van der Waals surface area contributed by atoms with Crippen LogP contribution >= 0.6 is 0 Å². The van der Waals surface area contributed by atoms with Crippen molar-refractivity contribution in [3.05, 3.63) is 52.3 Å². The fourth-order valence-corrected chi connectivity index (χ4v) is 4.29. The number of ether oxygens (including phenoxy) is 2. The molecule has 0 spiro atoms. The highest BCUT2D eigenvalue weighted by molar-refractivity contribution is 6.13. The molecule has 0 saturated carbocycles. The normalized spacial score (nSPS) is 11.5. The quantitative estimate of drug-likeness (QED) is 0.358. The number of aromatic nitrogens is 4. The van der Waals surface area contributed by atoms with Gasteiger partial charge in [0.1, 0.15) is 16.7 Å². The van der Waals surface area contributed by atoms with Crippen molar-refractivity contribution in [2.75, 3.05) is 20.8 Å². The van der Waals surface area contributed by atoms with Crippen molar-refractivity contribution in [1.29, 1.82) is 0 Å². The zero-order valence-corrected chi connectivity index (χ0v) is 19.3. The highest BCUT2D eigenvalue weighted by Gasteiger charge is 2.25. The lowest BCUT2D eigenvalue weighted by atomic mass is 10.2. The van der Waals surface area contributed by atoms with Gasteiger partial charge in [0.15, 0.2) is 17.1 Å². The molecule has 0 atom stereocenters. The number of H-pyrrole nitrogens is 1. The number of carbonyl (C=O) groups is 1. The first-order valence-corrected chi connectivity index (χ1v) is 11.2. The third-order valence-corrected chi connectivity index (χ3v) is 5.97. The molecule has 3 aromatic heterocycles. The summed E-state index contributed by atoms with van der Waals surface area (Å²) in [6.45, 7) is 2.64. The van der Waals surface area contributed by atoms with Gasteiger partial charge in [-0.25, -0.2) is 9.97 Å². The summed E-state index contributed by atoms with van der Waals surface area (Å²) in [4.78, 5) is 38.9. The van der Waals surface area contributed by atoms with E-state index in [9.17, 15) is 9.59 Å². The predicted octanol–water partition coefficient (Wildman–Crippen LogP) is 3.81.